The van der Waals surface area contributed by atoms with Crippen molar-refractivity contribution in [2.45, 2.75) is 6.92 Å². The number of ether oxygens (including phenoxy) is 1. The largest absolute Gasteiger partial charge is 0.484 e. The predicted octanol–water partition coefficient (Wildman–Crippen LogP) is 2.70. The van der Waals surface area contributed by atoms with Crippen molar-refractivity contribution in [2.75, 3.05) is 17.7 Å². The first-order valence-corrected chi connectivity index (χ1v) is 6.65. The highest BCUT2D eigenvalue weighted by atomic mass is 35.5. The molecule has 1 heterocycles. The molecule has 2 rings (SSSR count). The number of aryl methyl sites for hydroxylation is 1. The van der Waals surface area contributed by atoms with Gasteiger partial charge in [-0.3, -0.25) is 10.1 Å². The van der Waals surface area contributed by atoms with Gasteiger partial charge in [0.05, 0.1) is 5.69 Å². The van der Waals surface area contributed by atoms with E-state index < -0.39 is 0 Å². The van der Waals surface area contributed by atoms with Gasteiger partial charge in [-0.05, 0) is 31.2 Å². The van der Waals surface area contributed by atoms with E-state index in [1.54, 1.807) is 31.2 Å². The molecule has 0 aliphatic rings. The number of aromatic nitrogens is 1. The summed E-state index contributed by atoms with van der Waals surface area (Å²) in [7, 11) is 0. The summed E-state index contributed by atoms with van der Waals surface area (Å²) in [6.45, 7) is 1.69. The number of thiazole rings is 1. The zero-order valence-corrected chi connectivity index (χ0v) is 11.7. The Labute approximate surface area is 119 Å². The standard InChI is InChI=1S/C12H12ClN3O2S/c1-7-11(14)19-12(15-7)16-10(17)6-18-9-4-2-8(13)3-5-9/h2-5H,6,14H2,1H3,(H,15,16,17). The Kier molecular flexibility index (Phi) is 4.24. The molecule has 0 bridgehead atoms. The lowest BCUT2D eigenvalue weighted by molar-refractivity contribution is -0.118. The second kappa shape index (κ2) is 5.90. The number of amides is 1. The molecule has 2 aromatic rings. The van der Waals surface area contributed by atoms with Gasteiger partial charge in [0.25, 0.3) is 5.91 Å². The zero-order chi connectivity index (χ0) is 13.8. The van der Waals surface area contributed by atoms with Crippen LogP contribution in [0.4, 0.5) is 10.1 Å². The molecule has 100 valence electrons. The second-order valence-electron chi connectivity index (χ2n) is 3.76. The van der Waals surface area contributed by atoms with E-state index in [9.17, 15) is 4.79 Å². The van der Waals surface area contributed by atoms with Crippen LogP contribution in [0.1, 0.15) is 5.69 Å². The average molecular weight is 298 g/mol. The highest BCUT2D eigenvalue weighted by Gasteiger charge is 2.08. The van der Waals surface area contributed by atoms with Crippen molar-refractivity contribution in [3.63, 3.8) is 0 Å². The van der Waals surface area contributed by atoms with Crippen LogP contribution in [0, 0.1) is 6.92 Å². The van der Waals surface area contributed by atoms with Crippen molar-refractivity contribution in [3.05, 3.63) is 35.0 Å². The quantitative estimate of drug-likeness (QED) is 0.909. The van der Waals surface area contributed by atoms with Crippen LogP contribution in [-0.2, 0) is 4.79 Å². The highest BCUT2D eigenvalue weighted by molar-refractivity contribution is 7.19. The van der Waals surface area contributed by atoms with Gasteiger partial charge in [0.2, 0.25) is 0 Å². The molecular formula is C12H12ClN3O2S. The smallest absolute Gasteiger partial charge is 0.264 e. The van der Waals surface area contributed by atoms with E-state index >= 15 is 0 Å². The molecule has 3 N–H and O–H groups in total. The number of nitrogens with zero attached hydrogens (tertiary/aromatic N) is 1. The summed E-state index contributed by atoms with van der Waals surface area (Å²) in [5.74, 6) is 0.290. The number of rotatable bonds is 4. The van der Waals surface area contributed by atoms with Crippen LogP contribution in [0.25, 0.3) is 0 Å². The minimum Gasteiger partial charge on any atom is -0.484 e. The molecule has 0 saturated heterocycles. The number of nitrogens with one attached hydrogen (secondary N) is 1. The topological polar surface area (TPSA) is 77.2 Å². The highest BCUT2D eigenvalue weighted by Crippen LogP contribution is 2.24. The molecule has 0 aliphatic heterocycles. The van der Waals surface area contributed by atoms with Crippen LogP contribution in [0.15, 0.2) is 24.3 Å². The first-order chi connectivity index (χ1) is 9.04. The number of halogens is 1. The van der Waals surface area contributed by atoms with Crippen molar-refractivity contribution in [1.29, 1.82) is 0 Å². The van der Waals surface area contributed by atoms with Gasteiger partial charge in [-0.15, -0.1) is 0 Å². The Bertz CT molecular complexity index is 564. The van der Waals surface area contributed by atoms with E-state index in [1.165, 1.54) is 11.3 Å². The number of hydrogen-bond acceptors (Lipinski definition) is 5. The third-order valence-corrected chi connectivity index (χ3v) is 3.42. The minimum atomic E-state index is -0.288. The summed E-state index contributed by atoms with van der Waals surface area (Å²) in [6.07, 6.45) is 0. The molecule has 0 aliphatic carbocycles. The van der Waals surface area contributed by atoms with Gasteiger partial charge in [0.1, 0.15) is 10.8 Å². The Morgan fingerprint density at radius 3 is 2.74 bits per heavy atom. The van der Waals surface area contributed by atoms with Crippen LogP contribution in [0.2, 0.25) is 5.02 Å². The number of carbonyl (C=O) groups is 1. The summed E-state index contributed by atoms with van der Waals surface area (Å²) in [6, 6.07) is 6.78. The van der Waals surface area contributed by atoms with Gasteiger partial charge < -0.3 is 10.5 Å². The minimum absolute atomic E-state index is 0.0971. The Hall–Kier alpha value is -1.79. The molecule has 0 fully saturated rings. The maximum atomic E-state index is 11.6. The molecule has 5 nitrogen and oxygen atoms in total. The summed E-state index contributed by atoms with van der Waals surface area (Å²) in [4.78, 5) is 15.7. The molecule has 19 heavy (non-hydrogen) atoms. The van der Waals surface area contributed by atoms with E-state index in [0.717, 1.165) is 0 Å². The van der Waals surface area contributed by atoms with E-state index in [0.29, 0.717) is 26.6 Å². The number of benzene rings is 1. The third kappa shape index (κ3) is 3.84. The first-order valence-electron chi connectivity index (χ1n) is 5.45. The zero-order valence-electron chi connectivity index (χ0n) is 10.1. The Morgan fingerprint density at radius 2 is 2.16 bits per heavy atom. The molecule has 7 heteroatoms. The normalized spacial score (nSPS) is 10.2. The summed E-state index contributed by atoms with van der Waals surface area (Å²) >= 11 is 6.97. The van der Waals surface area contributed by atoms with E-state index in [4.69, 9.17) is 22.1 Å². The van der Waals surface area contributed by atoms with Gasteiger partial charge in [0.15, 0.2) is 11.7 Å². The van der Waals surface area contributed by atoms with Crippen molar-refractivity contribution >= 4 is 39.0 Å². The van der Waals surface area contributed by atoms with Crippen molar-refractivity contribution in [3.8, 4) is 5.75 Å². The lowest BCUT2D eigenvalue weighted by Gasteiger charge is -2.05. The summed E-state index contributed by atoms with van der Waals surface area (Å²) in [5, 5.41) is 4.30. The Morgan fingerprint density at radius 1 is 1.47 bits per heavy atom. The maximum absolute atomic E-state index is 11.6. The number of nitrogens with two attached hydrogens (primary N) is 1. The van der Waals surface area contributed by atoms with Crippen molar-refractivity contribution in [1.82, 2.24) is 4.98 Å². The van der Waals surface area contributed by atoms with E-state index in [-0.39, 0.29) is 12.5 Å². The molecule has 0 radical (unpaired) electrons. The maximum Gasteiger partial charge on any atom is 0.264 e. The second-order valence-corrected chi connectivity index (χ2v) is 5.23. The Balaban J connectivity index is 1.86. The number of hydrogen-bond donors (Lipinski definition) is 2. The lowest BCUT2D eigenvalue weighted by atomic mass is 10.3. The molecular weight excluding hydrogens is 286 g/mol. The van der Waals surface area contributed by atoms with Crippen LogP contribution < -0.4 is 15.8 Å². The van der Waals surface area contributed by atoms with Gasteiger partial charge in [-0.2, -0.15) is 0 Å². The molecule has 0 unspecified atom stereocenters. The van der Waals surface area contributed by atoms with Crippen LogP contribution >= 0.6 is 22.9 Å². The summed E-state index contributed by atoms with van der Waals surface area (Å²) in [5.41, 5.74) is 6.36. The molecule has 1 aromatic carbocycles. The monoisotopic (exact) mass is 297 g/mol. The fraction of sp³-hybridized carbons (Fsp3) is 0.167. The molecule has 1 amide bonds. The first kappa shape index (κ1) is 13.6. The van der Waals surface area contributed by atoms with Gasteiger partial charge in [-0.25, -0.2) is 4.98 Å². The average Bonchev–Trinajstić information content (AvgIpc) is 2.67. The van der Waals surface area contributed by atoms with Gasteiger partial charge in [-0.1, -0.05) is 22.9 Å². The van der Waals surface area contributed by atoms with Gasteiger partial charge >= 0.3 is 0 Å². The predicted molar refractivity (Wildman–Crippen MR) is 76.8 cm³/mol. The third-order valence-electron chi connectivity index (χ3n) is 2.26. The summed E-state index contributed by atoms with van der Waals surface area (Å²) < 4.78 is 5.31. The van der Waals surface area contributed by atoms with E-state index in [1.807, 2.05) is 0 Å². The van der Waals surface area contributed by atoms with Crippen LogP contribution in [-0.4, -0.2) is 17.5 Å². The molecule has 0 spiro atoms. The molecule has 0 saturated carbocycles. The fourth-order valence-corrected chi connectivity index (χ4v) is 2.17. The van der Waals surface area contributed by atoms with Crippen molar-refractivity contribution < 1.29 is 9.53 Å². The number of carbonyl (C=O) groups excluding carboxylic acids is 1. The molecule has 0 atom stereocenters. The van der Waals surface area contributed by atoms with Crippen LogP contribution in [0.3, 0.4) is 0 Å². The van der Waals surface area contributed by atoms with Crippen molar-refractivity contribution in [2.24, 2.45) is 0 Å². The van der Waals surface area contributed by atoms with Crippen LogP contribution in [0.5, 0.6) is 5.75 Å². The lowest BCUT2D eigenvalue weighted by Crippen LogP contribution is -2.20. The number of nitrogen functional groups attached to an aromatic ring is 1. The van der Waals surface area contributed by atoms with Gasteiger partial charge in [0, 0.05) is 5.02 Å². The van der Waals surface area contributed by atoms with E-state index in [2.05, 4.69) is 10.3 Å². The fourth-order valence-electron chi connectivity index (χ4n) is 1.30. The molecule has 1 aromatic heterocycles. The number of anilines is 2. The SMILES string of the molecule is Cc1nc(NC(=O)COc2ccc(Cl)cc2)sc1N.